The quantitative estimate of drug-likeness (QED) is 0.579. The average Bonchev–Trinajstić information content (AvgIpc) is 3.26. The Kier molecular flexibility index (Phi) is 5.74. The van der Waals surface area contributed by atoms with Gasteiger partial charge in [0.2, 0.25) is 5.91 Å². The Hall–Kier alpha value is -3.07. The predicted octanol–water partition coefficient (Wildman–Crippen LogP) is 3.18. The van der Waals surface area contributed by atoms with Gasteiger partial charge in [-0.1, -0.05) is 43.9 Å². The molecule has 1 N–H and O–H groups in total. The molecule has 1 aliphatic heterocycles. The number of carbonyl (C=O) groups excluding carboxylic acids is 1. The van der Waals surface area contributed by atoms with E-state index in [-0.39, 0.29) is 29.0 Å². The molecule has 33 heavy (non-hydrogen) atoms. The van der Waals surface area contributed by atoms with E-state index in [1.165, 1.54) is 39.9 Å². The smallest absolute Gasteiger partial charge is 0.408 e. The van der Waals surface area contributed by atoms with Crippen LogP contribution in [-0.2, 0) is 27.8 Å². The normalized spacial score (nSPS) is 17.2. The molecule has 0 saturated heterocycles. The fraction of sp³-hybridized carbons (Fsp3) is 0.417. The van der Waals surface area contributed by atoms with Crippen LogP contribution in [0, 0.1) is 0 Å². The van der Waals surface area contributed by atoms with Gasteiger partial charge in [0.25, 0.3) is 10.0 Å². The topological polar surface area (TPSA) is 102 Å². The summed E-state index contributed by atoms with van der Waals surface area (Å²) in [4.78, 5) is 25.1. The third kappa shape index (κ3) is 4.17. The second-order valence-corrected chi connectivity index (χ2v) is 10.7. The molecule has 3 aromatic rings. The van der Waals surface area contributed by atoms with Gasteiger partial charge in [-0.05, 0) is 43.0 Å². The van der Waals surface area contributed by atoms with Crippen molar-refractivity contribution in [3.05, 3.63) is 58.6 Å². The van der Waals surface area contributed by atoms with E-state index in [0.717, 1.165) is 31.2 Å². The predicted molar refractivity (Wildman–Crippen MR) is 125 cm³/mol. The second kappa shape index (κ2) is 8.70. The van der Waals surface area contributed by atoms with Gasteiger partial charge in [0.05, 0.1) is 16.1 Å². The highest BCUT2D eigenvalue weighted by molar-refractivity contribution is 7.92. The van der Waals surface area contributed by atoms with Crippen LogP contribution >= 0.6 is 0 Å². The summed E-state index contributed by atoms with van der Waals surface area (Å²) in [6, 6.07) is 11.9. The van der Waals surface area contributed by atoms with E-state index in [1.54, 1.807) is 6.07 Å². The average molecular weight is 470 g/mol. The van der Waals surface area contributed by atoms with Gasteiger partial charge >= 0.3 is 5.76 Å². The summed E-state index contributed by atoms with van der Waals surface area (Å²) in [5, 5.41) is 3.03. The lowest BCUT2D eigenvalue weighted by Gasteiger charge is -2.19. The molecule has 9 heteroatoms. The highest BCUT2D eigenvalue weighted by atomic mass is 32.2. The Bertz CT molecular complexity index is 1350. The zero-order valence-corrected chi connectivity index (χ0v) is 19.1. The highest BCUT2D eigenvalue weighted by Gasteiger charge is 2.31. The first-order valence-corrected chi connectivity index (χ1v) is 12.9. The first-order valence-electron chi connectivity index (χ1n) is 11.5. The fourth-order valence-electron chi connectivity index (χ4n) is 4.88. The summed E-state index contributed by atoms with van der Waals surface area (Å²) in [6.45, 7) is 0.208. The monoisotopic (exact) mass is 469 g/mol. The molecule has 1 saturated carbocycles. The molecule has 5 rings (SSSR count). The standard InChI is InChI=1S/C24H27N3O5S/c28-23(25-18-8-3-1-2-4-9-18)16-26-21-12-11-19(15-22(21)32-24(26)29)33(30,31)27-14-13-17-7-5-6-10-20(17)27/h5-7,10-12,15,18H,1-4,8-9,13-14,16H2,(H,25,28). The Morgan fingerprint density at radius 2 is 1.82 bits per heavy atom. The first kappa shape index (κ1) is 21.8. The zero-order valence-electron chi connectivity index (χ0n) is 18.3. The molecular formula is C24H27N3O5S. The van der Waals surface area contributed by atoms with Crippen molar-refractivity contribution >= 4 is 32.7 Å². The zero-order chi connectivity index (χ0) is 23.0. The molecule has 1 aliphatic carbocycles. The van der Waals surface area contributed by atoms with E-state index in [1.807, 2.05) is 18.2 Å². The van der Waals surface area contributed by atoms with Crippen molar-refractivity contribution in [3.8, 4) is 0 Å². The molecule has 0 atom stereocenters. The van der Waals surface area contributed by atoms with E-state index < -0.39 is 15.8 Å². The van der Waals surface area contributed by atoms with Crippen LogP contribution in [0.25, 0.3) is 11.1 Å². The number of nitrogens with one attached hydrogen (secondary N) is 1. The van der Waals surface area contributed by atoms with E-state index in [4.69, 9.17) is 4.42 Å². The van der Waals surface area contributed by atoms with Crippen LogP contribution in [0.4, 0.5) is 5.69 Å². The third-order valence-corrected chi connectivity index (χ3v) is 8.40. The van der Waals surface area contributed by atoms with E-state index in [2.05, 4.69) is 5.32 Å². The molecule has 0 unspecified atom stereocenters. The second-order valence-electron chi connectivity index (χ2n) is 8.80. The molecule has 0 radical (unpaired) electrons. The molecule has 2 aliphatic rings. The van der Waals surface area contributed by atoms with Gasteiger partial charge in [0.15, 0.2) is 5.58 Å². The summed E-state index contributed by atoms with van der Waals surface area (Å²) < 4.78 is 34.6. The van der Waals surface area contributed by atoms with Gasteiger partial charge in [-0.3, -0.25) is 13.7 Å². The van der Waals surface area contributed by atoms with Crippen molar-refractivity contribution in [3.63, 3.8) is 0 Å². The minimum absolute atomic E-state index is 0.0514. The number of nitrogens with zero attached hydrogens (tertiary/aromatic N) is 2. The molecule has 2 aromatic carbocycles. The maximum absolute atomic E-state index is 13.3. The molecule has 8 nitrogen and oxygen atoms in total. The number of sulfonamides is 1. The van der Waals surface area contributed by atoms with Crippen LogP contribution in [0.15, 0.2) is 56.6 Å². The number of fused-ring (bicyclic) bond motifs is 2. The number of aromatic nitrogens is 1. The van der Waals surface area contributed by atoms with Crippen LogP contribution in [0.1, 0.15) is 44.1 Å². The fourth-order valence-corrected chi connectivity index (χ4v) is 6.40. The summed E-state index contributed by atoms with van der Waals surface area (Å²) in [5.41, 5.74) is 2.21. The third-order valence-electron chi connectivity index (χ3n) is 6.59. The Labute approximate surface area is 192 Å². The Morgan fingerprint density at radius 1 is 1.06 bits per heavy atom. The van der Waals surface area contributed by atoms with Crippen molar-refractivity contribution in [2.75, 3.05) is 10.8 Å². The number of anilines is 1. The lowest BCUT2D eigenvalue weighted by atomic mass is 10.1. The van der Waals surface area contributed by atoms with Gasteiger partial charge in [-0.15, -0.1) is 0 Å². The number of para-hydroxylation sites is 1. The SMILES string of the molecule is O=C(Cn1c(=O)oc2cc(S(=O)(=O)N3CCc4ccccc43)ccc21)NC1CCCCCC1. The number of amides is 1. The van der Waals surface area contributed by atoms with Crippen LogP contribution in [0.2, 0.25) is 0 Å². The Balaban J connectivity index is 1.39. The number of oxazole rings is 1. The first-order chi connectivity index (χ1) is 15.9. The molecule has 2 heterocycles. The minimum atomic E-state index is -3.81. The van der Waals surface area contributed by atoms with Crippen molar-refractivity contribution in [2.24, 2.45) is 0 Å². The lowest BCUT2D eigenvalue weighted by molar-refractivity contribution is -0.122. The van der Waals surface area contributed by atoms with Crippen molar-refractivity contribution in [1.29, 1.82) is 0 Å². The molecule has 0 spiro atoms. The van der Waals surface area contributed by atoms with Crippen LogP contribution in [0.3, 0.4) is 0 Å². The summed E-state index contributed by atoms with van der Waals surface area (Å²) >= 11 is 0. The summed E-state index contributed by atoms with van der Waals surface area (Å²) in [5.74, 6) is -0.917. The number of hydrogen-bond donors (Lipinski definition) is 1. The van der Waals surface area contributed by atoms with Crippen LogP contribution in [-0.4, -0.2) is 31.5 Å². The van der Waals surface area contributed by atoms with Gasteiger partial charge in [-0.25, -0.2) is 13.2 Å². The summed E-state index contributed by atoms with van der Waals surface area (Å²) in [6.07, 6.45) is 7.12. The van der Waals surface area contributed by atoms with Crippen LogP contribution < -0.4 is 15.4 Å². The maximum atomic E-state index is 13.3. The summed E-state index contributed by atoms with van der Waals surface area (Å²) in [7, 11) is -3.81. The van der Waals surface area contributed by atoms with Gasteiger partial charge < -0.3 is 9.73 Å². The van der Waals surface area contributed by atoms with Crippen molar-refractivity contribution in [2.45, 2.75) is 62.4 Å². The lowest BCUT2D eigenvalue weighted by Crippen LogP contribution is -2.38. The largest absolute Gasteiger partial charge is 0.420 e. The number of benzene rings is 2. The van der Waals surface area contributed by atoms with E-state index >= 15 is 0 Å². The maximum Gasteiger partial charge on any atom is 0.420 e. The molecule has 1 aromatic heterocycles. The molecular weight excluding hydrogens is 442 g/mol. The molecule has 1 amide bonds. The van der Waals surface area contributed by atoms with E-state index in [0.29, 0.717) is 24.2 Å². The van der Waals surface area contributed by atoms with Gasteiger partial charge in [-0.2, -0.15) is 0 Å². The van der Waals surface area contributed by atoms with Gasteiger partial charge in [0.1, 0.15) is 6.54 Å². The number of rotatable bonds is 5. The van der Waals surface area contributed by atoms with E-state index in [9.17, 15) is 18.0 Å². The van der Waals surface area contributed by atoms with Crippen LogP contribution in [0.5, 0.6) is 0 Å². The van der Waals surface area contributed by atoms with Gasteiger partial charge in [0, 0.05) is 18.7 Å². The van der Waals surface area contributed by atoms with Crippen molar-refractivity contribution < 1.29 is 17.6 Å². The number of hydrogen-bond acceptors (Lipinski definition) is 5. The molecule has 0 bridgehead atoms. The van der Waals surface area contributed by atoms with Crippen molar-refractivity contribution in [1.82, 2.24) is 9.88 Å². The number of carbonyl (C=O) groups is 1. The molecule has 174 valence electrons. The highest BCUT2D eigenvalue weighted by Crippen LogP contribution is 2.33. The Morgan fingerprint density at radius 3 is 2.61 bits per heavy atom. The molecule has 1 fully saturated rings. The minimum Gasteiger partial charge on any atom is -0.408 e.